The fourth-order valence-electron chi connectivity index (χ4n) is 1.66. The summed E-state index contributed by atoms with van der Waals surface area (Å²) in [4.78, 5) is 17.2. The molecule has 0 amide bonds. The molecule has 1 atom stereocenters. The van der Waals surface area contributed by atoms with Crippen molar-refractivity contribution in [2.75, 3.05) is 0 Å². The van der Waals surface area contributed by atoms with Crippen LogP contribution in [0.25, 0.3) is 0 Å². The highest BCUT2D eigenvalue weighted by molar-refractivity contribution is 5.20. The maximum atomic E-state index is 12.6. The zero-order valence-corrected chi connectivity index (χ0v) is 9.14. The van der Waals surface area contributed by atoms with E-state index in [2.05, 4.69) is 9.97 Å². The van der Waals surface area contributed by atoms with E-state index in [0.29, 0.717) is 0 Å². The van der Waals surface area contributed by atoms with Gasteiger partial charge in [0.15, 0.2) is 5.69 Å². The van der Waals surface area contributed by atoms with Gasteiger partial charge in [-0.2, -0.15) is 13.2 Å². The van der Waals surface area contributed by atoms with Crippen molar-refractivity contribution < 1.29 is 13.2 Å². The highest BCUT2D eigenvalue weighted by atomic mass is 19.4. The fraction of sp³-hybridized carbons (Fsp3) is 0.600. The Kier molecular flexibility index (Phi) is 2.73. The minimum Gasteiger partial charge on any atom is -0.321 e. The van der Waals surface area contributed by atoms with E-state index >= 15 is 0 Å². The predicted molar refractivity (Wildman–Crippen MR) is 54.2 cm³/mol. The van der Waals surface area contributed by atoms with Crippen molar-refractivity contribution in [1.29, 1.82) is 0 Å². The molecule has 1 unspecified atom stereocenters. The minimum atomic E-state index is -4.63. The average Bonchev–Trinajstić information content (AvgIpc) is 3.02. The molecule has 94 valence electrons. The van der Waals surface area contributed by atoms with E-state index in [4.69, 9.17) is 5.73 Å². The van der Waals surface area contributed by atoms with Crippen LogP contribution in [0.4, 0.5) is 13.2 Å². The van der Waals surface area contributed by atoms with E-state index in [-0.39, 0.29) is 11.7 Å². The Balaban J connectivity index is 2.49. The second kappa shape index (κ2) is 3.83. The number of aromatic amines is 1. The zero-order valence-electron chi connectivity index (χ0n) is 9.14. The van der Waals surface area contributed by atoms with Crippen molar-refractivity contribution in [1.82, 2.24) is 9.97 Å². The van der Waals surface area contributed by atoms with E-state index in [1.165, 1.54) is 0 Å². The zero-order chi connectivity index (χ0) is 12.8. The van der Waals surface area contributed by atoms with Gasteiger partial charge in [-0.05, 0) is 25.7 Å². The molecule has 4 nitrogen and oxygen atoms in total. The van der Waals surface area contributed by atoms with Gasteiger partial charge >= 0.3 is 6.18 Å². The third kappa shape index (κ3) is 2.33. The molecule has 2 rings (SSSR count). The van der Waals surface area contributed by atoms with Crippen molar-refractivity contribution >= 4 is 0 Å². The van der Waals surface area contributed by atoms with Gasteiger partial charge in [0.2, 0.25) is 0 Å². The molecule has 1 heterocycles. The van der Waals surface area contributed by atoms with Gasteiger partial charge in [0, 0.05) is 5.56 Å². The lowest BCUT2D eigenvalue weighted by Gasteiger charge is -2.14. The number of hydrogen-bond acceptors (Lipinski definition) is 3. The highest BCUT2D eigenvalue weighted by Gasteiger charge is 2.38. The van der Waals surface area contributed by atoms with Gasteiger partial charge < -0.3 is 10.7 Å². The second-order valence-electron chi connectivity index (χ2n) is 4.29. The molecule has 1 saturated carbocycles. The number of rotatable bonds is 2. The quantitative estimate of drug-likeness (QED) is 0.832. The van der Waals surface area contributed by atoms with Gasteiger partial charge in [-0.25, -0.2) is 4.98 Å². The van der Waals surface area contributed by atoms with Crippen LogP contribution in [-0.2, 0) is 6.18 Å². The Morgan fingerprint density at radius 2 is 2.06 bits per heavy atom. The summed E-state index contributed by atoms with van der Waals surface area (Å²) < 4.78 is 37.9. The van der Waals surface area contributed by atoms with Crippen molar-refractivity contribution in [3.05, 3.63) is 27.4 Å². The molecular weight excluding hydrogens is 235 g/mol. The van der Waals surface area contributed by atoms with Crippen LogP contribution in [0.1, 0.15) is 36.0 Å². The Labute approximate surface area is 95.1 Å². The van der Waals surface area contributed by atoms with Crippen LogP contribution in [0.2, 0.25) is 0 Å². The molecule has 1 aliphatic rings. The van der Waals surface area contributed by atoms with Crippen molar-refractivity contribution in [3.8, 4) is 0 Å². The molecule has 1 fully saturated rings. The van der Waals surface area contributed by atoms with E-state index < -0.39 is 29.0 Å². The van der Waals surface area contributed by atoms with Gasteiger partial charge in [-0.1, -0.05) is 0 Å². The molecule has 7 heteroatoms. The van der Waals surface area contributed by atoms with Crippen LogP contribution < -0.4 is 11.3 Å². The first-order valence-electron chi connectivity index (χ1n) is 5.24. The largest absolute Gasteiger partial charge is 0.433 e. The maximum absolute atomic E-state index is 12.6. The molecule has 1 aliphatic carbocycles. The summed E-state index contributed by atoms with van der Waals surface area (Å²) in [7, 11) is 0. The molecule has 1 aromatic rings. The summed E-state index contributed by atoms with van der Waals surface area (Å²) in [5.41, 5.74) is 3.38. The summed E-state index contributed by atoms with van der Waals surface area (Å²) in [6.07, 6.45) is -2.91. The first-order valence-corrected chi connectivity index (χ1v) is 5.24. The van der Waals surface area contributed by atoms with Gasteiger partial charge in [0.05, 0.1) is 6.04 Å². The molecule has 0 spiro atoms. The lowest BCUT2D eigenvalue weighted by atomic mass is 10.1. The molecule has 0 saturated heterocycles. The smallest absolute Gasteiger partial charge is 0.321 e. The molecular formula is C10H12F3N3O. The summed E-state index contributed by atoms with van der Waals surface area (Å²) in [5, 5.41) is 0. The molecule has 17 heavy (non-hydrogen) atoms. The van der Waals surface area contributed by atoms with E-state index in [9.17, 15) is 18.0 Å². The summed E-state index contributed by atoms with van der Waals surface area (Å²) in [5.74, 6) is 0.0531. The second-order valence-corrected chi connectivity index (χ2v) is 4.29. The monoisotopic (exact) mass is 247 g/mol. The van der Waals surface area contributed by atoms with Gasteiger partial charge in [-0.15, -0.1) is 0 Å². The molecule has 3 N–H and O–H groups in total. The molecule has 0 bridgehead atoms. The summed E-state index contributed by atoms with van der Waals surface area (Å²) in [6, 6.07) is -0.621. The van der Waals surface area contributed by atoms with Crippen LogP contribution in [0.3, 0.4) is 0 Å². The van der Waals surface area contributed by atoms with Crippen LogP contribution in [0, 0.1) is 12.8 Å². The lowest BCUT2D eigenvalue weighted by molar-refractivity contribution is -0.142. The number of nitrogens with one attached hydrogen (secondary N) is 1. The van der Waals surface area contributed by atoms with Crippen LogP contribution in [0.15, 0.2) is 4.79 Å². The number of nitrogens with zero attached hydrogens (tertiary/aromatic N) is 1. The molecule has 0 aliphatic heterocycles. The standard InChI is InChI=1S/C10H12F3N3O/c1-4-7(10(11,12)13)15-8(16-9(4)17)6(14)5-2-3-5/h5-6H,2-3,14H2,1H3,(H,15,16,17). The third-order valence-corrected chi connectivity index (χ3v) is 2.88. The first-order chi connectivity index (χ1) is 7.80. The van der Waals surface area contributed by atoms with E-state index in [1.807, 2.05) is 0 Å². The normalized spacial score (nSPS) is 18.2. The number of nitrogens with two attached hydrogens (primary N) is 1. The van der Waals surface area contributed by atoms with Crippen LogP contribution >= 0.6 is 0 Å². The SMILES string of the molecule is Cc1c(C(F)(F)F)nc(C(N)C2CC2)[nH]c1=O. The third-order valence-electron chi connectivity index (χ3n) is 2.88. The molecule has 0 aromatic carbocycles. The Bertz CT molecular complexity index is 491. The van der Waals surface area contributed by atoms with Crippen molar-refractivity contribution in [2.24, 2.45) is 11.7 Å². The number of halogens is 3. The topological polar surface area (TPSA) is 71.8 Å². The number of H-pyrrole nitrogens is 1. The highest BCUT2D eigenvalue weighted by Crippen LogP contribution is 2.38. The van der Waals surface area contributed by atoms with E-state index in [1.54, 1.807) is 0 Å². The summed E-state index contributed by atoms with van der Waals surface area (Å²) >= 11 is 0. The Morgan fingerprint density at radius 3 is 2.53 bits per heavy atom. The van der Waals surface area contributed by atoms with Crippen molar-refractivity contribution in [2.45, 2.75) is 32.0 Å². The first kappa shape index (κ1) is 12.1. The summed E-state index contributed by atoms with van der Waals surface area (Å²) in [6.45, 7) is 1.10. The van der Waals surface area contributed by atoms with Gasteiger partial charge in [-0.3, -0.25) is 4.79 Å². The minimum absolute atomic E-state index is 0.0737. The molecule has 1 aromatic heterocycles. The maximum Gasteiger partial charge on any atom is 0.433 e. The van der Waals surface area contributed by atoms with E-state index in [0.717, 1.165) is 19.8 Å². The molecule has 0 radical (unpaired) electrons. The number of aromatic nitrogens is 2. The van der Waals surface area contributed by atoms with Gasteiger partial charge in [0.1, 0.15) is 5.82 Å². The Hall–Kier alpha value is -1.37. The predicted octanol–water partition coefficient (Wildman–Crippen LogP) is 1.51. The lowest BCUT2D eigenvalue weighted by Crippen LogP contribution is -2.27. The number of hydrogen-bond donors (Lipinski definition) is 2. The fourth-order valence-corrected chi connectivity index (χ4v) is 1.66. The van der Waals surface area contributed by atoms with Crippen molar-refractivity contribution in [3.63, 3.8) is 0 Å². The van der Waals surface area contributed by atoms with Gasteiger partial charge in [0.25, 0.3) is 5.56 Å². The number of alkyl halides is 3. The Morgan fingerprint density at radius 1 is 1.47 bits per heavy atom. The average molecular weight is 247 g/mol. The van der Waals surface area contributed by atoms with Crippen LogP contribution in [-0.4, -0.2) is 9.97 Å². The van der Waals surface area contributed by atoms with Crippen LogP contribution in [0.5, 0.6) is 0 Å².